The van der Waals surface area contributed by atoms with Gasteiger partial charge in [-0.15, -0.1) is 0 Å². The van der Waals surface area contributed by atoms with Crippen molar-refractivity contribution < 1.29 is 23.8 Å². The normalized spacial score (nSPS) is 14.1. The second-order valence-corrected chi connectivity index (χ2v) is 7.23. The van der Waals surface area contributed by atoms with Crippen molar-refractivity contribution in [2.24, 2.45) is 0 Å². The molecule has 0 spiro atoms. The Labute approximate surface area is 182 Å². The minimum absolute atomic E-state index is 0.0502. The van der Waals surface area contributed by atoms with Gasteiger partial charge in [0.15, 0.2) is 0 Å². The van der Waals surface area contributed by atoms with Gasteiger partial charge in [-0.1, -0.05) is 12.1 Å². The highest BCUT2D eigenvalue weighted by atomic mass is 16.5. The quantitative estimate of drug-likeness (QED) is 0.697. The molecule has 1 aliphatic rings. The van der Waals surface area contributed by atoms with Crippen LogP contribution in [0.2, 0.25) is 0 Å². The van der Waals surface area contributed by atoms with E-state index in [1.165, 1.54) is 0 Å². The Morgan fingerprint density at radius 2 is 1.55 bits per heavy atom. The number of anilines is 1. The molecule has 0 aromatic heterocycles. The molecule has 2 aromatic carbocycles. The molecule has 0 atom stereocenters. The minimum atomic E-state index is -0.0634. The fourth-order valence-corrected chi connectivity index (χ4v) is 3.51. The van der Waals surface area contributed by atoms with Crippen LogP contribution in [-0.2, 0) is 4.79 Å². The molecule has 1 N–H and O–H groups in total. The van der Waals surface area contributed by atoms with Gasteiger partial charge in [0.1, 0.15) is 17.2 Å². The zero-order chi connectivity index (χ0) is 22.2. The first-order valence-corrected chi connectivity index (χ1v) is 10.2. The standard InChI is InChI=1S/C23H29N3O5/c1-29-18-14-17(15-19(16-18)30-2)23(28)26-12-10-25(11-13-26)9-8-22(27)24-20-6-4-5-7-21(20)31-3/h4-7,14-16H,8-13H2,1-3H3,(H,24,27). The lowest BCUT2D eigenvalue weighted by atomic mass is 10.1. The first-order chi connectivity index (χ1) is 15.0. The van der Waals surface area contributed by atoms with Crippen LogP contribution in [0.15, 0.2) is 42.5 Å². The van der Waals surface area contributed by atoms with Crippen LogP contribution in [0, 0.1) is 0 Å². The molecular weight excluding hydrogens is 398 g/mol. The lowest BCUT2D eigenvalue weighted by Crippen LogP contribution is -2.49. The van der Waals surface area contributed by atoms with Gasteiger partial charge in [0.05, 0.1) is 27.0 Å². The van der Waals surface area contributed by atoms with Gasteiger partial charge >= 0.3 is 0 Å². The summed E-state index contributed by atoms with van der Waals surface area (Å²) in [5.41, 5.74) is 1.21. The summed E-state index contributed by atoms with van der Waals surface area (Å²) in [7, 11) is 4.70. The Morgan fingerprint density at radius 1 is 0.903 bits per heavy atom. The number of ether oxygens (including phenoxy) is 3. The summed E-state index contributed by atoms with van der Waals surface area (Å²) in [6.07, 6.45) is 0.374. The molecule has 1 heterocycles. The molecule has 1 fully saturated rings. The summed E-state index contributed by atoms with van der Waals surface area (Å²) in [5.74, 6) is 1.69. The fourth-order valence-electron chi connectivity index (χ4n) is 3.51. The number of hydrogen-bond acceptors (Lipinski definition) is 6. The van der Waals surface area contributed by atoms with Crippen molar-refractivity contribution >= 4 is 17.5 Å². The number of nitrogens with one attached hydrogen (secondary N) is 1. The maximum atomic E-state index is 12.9. The average molecular weight is 428 g/mol. The monoisotopic (exact) mass is 427 g/mol. The molecule has 1 saturated heterocycles. The summed E-state index contributed by atoms with van der Waals surface area (Å²) in [6.45, 7) is 3.28. The molecule has 2 amide bonds. The van der Waals surface area contributed by atoms with E-state index in [0.717, 1.165) is 13.1 Å². The van der Waals surface area contributed by atoms with Gasteiger partial charge in [0, 0.05) is 50.8 Å². The molecule has 0 bridgehead atoms. The van der Waals surface area contributed by atoms with E-state index in [1.807, 2.05) is 29.2 Å². The second kappa shape index (κ2) is 10.7. The summed E-state index contributed by atoms with van der Waals surface area (Å²) in [6, 6.07) is 12.5. The summed E-state index contributed by atoms with van der Waals surface area (Å²) >= 11 is 0. The van der Waals surface area contributed by atoms with E-state index in [1.54, 1.807) is 39.5 Å². The van der Waals surface area contributed by atoms with Crippen LogP contribution < -0.4 is 19.5 Å². The molecule has 166 valence electrons. The van der Waals surface area contributed by atoms with Crippen molar-refractivity contribution in [1.82, 2.24) is 9.80 Å². The van der Waals surface area contributed by atoms with E-state index in [2.05, 4.69) is 10.2 Å². The molecule has 0 aliphatic carbocycles. The smallest absolute Gasteiger partial charge is 0.254 e. The van der Waals surface area contributed by atoms with Gasteiger partial charge < -0.3 is 24.4 Å². The van der Waals surface area contributed by atoms with E-state index in [-0.39, 0.29) is 11.8 Å². The number of carbonyl (C=O) groups excluding carboxylic acids is 2. The highest BCUT2D eigenvalue weighted by Gasteiger charge is 2.23. The maximum Gasteiger partial charge on any atom is 0.254 e. The van der Waals surface area contributed by atoms with Crippen LogP contribution in [0.5, 0.6) is 17.2 Å². The molecule has 8 heteroatoms. The fraction of sp³-hybridized carbons (Fsp3) is 0.391. The van der Waals surface area contributed by atoms with Crippen molar-refractivity contribution in [3.05, 3.63) is 48.0 Å². The largest absolute Gasteiger partial charge is 0.497 e. The first-order valence-electron chi connectivity index (χ1n) is 10.2. The SMILES string of the molecule is COc1cc(OC)cc(C(=O)N2CCN(CCC(=O)Nc3ccccc3OC)CC2)c1. The van der Waals surface area contributed by atoms with Gasteiger partial charge in [0.2, 0.25) is 5.91 Å². The van der Waals surface area contributed by atoms with Crippen molar-refractivity contribution in [2.75, 3.05) is 59.4 Å². The average Bonchev–Trinajstić information content (AvgIpc) is 2.82. The minimum Gasteiger partial charge on any atom is -0.497 e. The summed E-state index contributed by atoms with van der Waals surface area (Å²) < 4.78 is 15.8. The Kier molecular flexibility index (Phi) is 7.72. The number of hydrogen-bond donors (Lipinski definition) is 1. The van der Waals surface area contributed by atoms with Crippen LogP contribution in [0.3, 0.4) is 0 Å². The van der Waals surface area contributed by atoms with E-state index in [4.69, 9.17) is 14.2 Å². The number of rotatable bonds is 8. The van der Waals surface area contributed by atoms with Crippen LogP contribution >= 0.6 is 0 Å². The van der Waals surface area contributed by atoms with Crippen LogP contribution in [0.1, 0.15) is 16.8 Å². The number of piperazine rings is 1. The molecule has 3 rings (SSSR count). The van der Waals surface area contributed by atoms with E-state index >= 15 is 0 Å². The van der Waals surface area contributed by atoms with Gasteiger partial charge in [-0.2, -0.15) is 0 Å². The number of benzene rings is 2. The molecule has 0 radical (unpaired) electrons. The van der Waals surface area contributed by atoms with Gasteiger partial charge in [-0.05, 0) is 24.3 Å². The zero-order valence-electron chi connectivity index (χ0n) is 18.2. The Morgan fingerprint density at radius 3 is 2.16 bits per heavy atom. The number of carbonyl (C=O) groups is 2. The van der Waals surface area contributed by atoms with Crippen LogP contribution in [0.25, 0.3) is 0 Å². The number of para-hydroxylation sites is 2. The highest BCUT2D eigenvalue weighted by molar-refractivity contribution is 5.95. The topological polar surface area (TPSA) is 80.3 Å². The Bertz CT molecular complexity index is 888. The zero-order valence-corrected chi connectivity index (χ0v) is 18.2. The number of nitrogens with zero attached hydrogens (tertiary/aromatic N) is 2. The Balaban J connectivity index is 1.48. The highest BCUT2D eigenvalue weighted by Crippen LogP contribution is 2.24. The van der Waals surface area contributed by atoms with E-state index < -0.39 is 0 Å². The van der Waals surface area contributed by atoms with Crippen molar-refractivity contribution in [3.63, 3.8) is 0 Å². The number of amides is 2. The molecule has 2 aromatic rings. The molecule has 1 aliphatic heterocycles. The van der Waals surface area contributed by atoms with Crippen LogP contribution in [0.4, 0.5) is 5.69 Å². The first kappa shape index (κ1) is 22.4. The lowest BCUT2D eigenvalue weighted by Gasteiger charge is -2.34. The summed E-state index contributed by atoms with van der Waals surface area (Å²) in [4.78, 5) is 29.2. The predicted molar refractivity (Wildman–Crippen MR) is 118 cm³/mol. The third kappa shape index (κ3) is 5.88. The lowest BCUT2D eigenvalue weighted by molar-refractivity contribution is -0.116. The van der Waals surface area contributed by atoms with Crippen molar-refractivity contribution in [3.8, 4) is 17.2 Å². The molecule has 0 unspecified atom stereocenters. The molecular formula is C23H29N3O5. The third-order valence-electron chi connectivity index (χ3n) is 5.29. The van der Waals surface area contributed by atoms with Crippen molar-refractivity contribution in [1.29, 1.82) is 0 Å². The predicted octanol–water partition coefficient (Wildman–Crippen LogP) is 2.50. The van der Waals surface area contributed by atoms with Gasteiger partial charge in [-0.3, -0.25) is 14.5 Å². The Hall–Kier alpha value is -3.26. The molecule has 31 heavy (non-hydrogen) atoms. The second-order valence-electron chi connectivity index (χ2n) is 7.23. The van der Waals surface area contributed by atoms with E-state index in [9.17, 15) is 9.59 Å². The third-order valence-corrected chi connectivity index (χ3v) is 5.29. The maximum absolute atomic E-state index is 12.9. The molecule has 8 nitrogen and oxygen atoms in total. The van der Waals surface area contributed by atoms with Gasteiger partial charge in [0.25, 0.3) is 5.91 Å². The molecule has 0 saturated carbocycles. The van der Waals surface area contributed by atoms with Crippen molar-refractivity contribution in [2.45, 2.75) is 6.42 Å². The van der Waals surface area contributed by atoms with Gasteiger partial charge in [-0.25, -0.2) is 0 Å². The summed E-state index contributed by atoms with van der Waals surface area (Å²) in [5, 5.41) is 2.89. The number of methoxy groups -OCH3 is 3. The van der Waals surface area contributed by atoms with E-state index in [0.29, 0.717) is 54.6 Å². The van der Waals surface area contributed by atoms with Crippen LogP contribution in [-0.4, -0.2) is 75.7 Å².